The Labute approximate surface area is 110 Å². The summed E-state index contributed by atoms with van der Waals surface area (Å²) in [5.41, 5.74) is 0. The average Bonchev–Trinajstić information content (AvgIpc) is 2.32. The smallest absolute Gasteiger partial charge is 0.294 e. The van der Waals surface area contributed by atoms with E-state index in [9.17, 15) is 10.1 Å². The lowest BCUT2D eigenvalue weighted by Crippen LogP contribution is -2.84. The maximum atomic E-state index is 9.53. The SMILES string of the molecule is CCNCCO.CC[NH2+]CCO[N+](=O)[O-].O=[N+]([O-])[O-]. The second-order valence-corrected chi connectivity index (χ2v) is 2.84. The maximum absolute atomic E-state index is 9.53. The van der Waals surface area contributed by atoms with Gasteiger partial charge in [0.15, 0.2) is 0 Å². The molecule has 0 amide bonds. The highest BCUT2D eigenvalue weighted by Gasteiger charge is 1.92. The molecule has 0 aromatic heterocycles. The molecule has 0 aromatic rings. The van der Waals surface area contributed by atoms with Crippen LogP contribution in [0.5, 0.6) is 0 Å². The molecule has 0 aromatic carbocycles. The zero-order chi connectivity index (χ0) is 15.5. The Balaban J connectivity index is -0.000000222. The van der Waals surface area contributed by atoms with Crippen molar-refractivity contribution in [1.82, 2.24) is 5.32 Å². The molecule has 0 heterocycles. The van der Waals surface area contributed by atoms with Crippen LogP contribution in [0.4, 0.5) is 0 Å². The predicted octanol–water partition coefficient (Wildman–Crippen LogP) is -1.87. The van der Waals surface area contributed by atoms with E-state index in [0.717, 1.165) is 19.6 Å². The van der Waals surface area contributed by atoms with E-state index < -0.39 is 10.2 Å². The predicted molar refractivity (Wildman–Crippen MR) is 66.3 cm³/mol. The third-order valence-corrected chi connectivity index (χ3v) is 1.35. The van der Waals surface area contributed by atoms with Crippen LogP contribution < -0.4 is 10.6 Å². The lowest BCUT2D eigenvalue weighted by atomic mass is 10.6. The minimum absolute atomic E-state index is 0.181. The summed E-state index contributed by atoms with van der Waals surface area (Å²) < 4.78 is 0. The summed E-state index contributed by atoms with van der Waals surface area (Å²) in [6.07, 6.45) is 0. The number of nitrogens with two attached hydrogens (primary N) is 1. The number of nitrogens with one attached hydrogen (secondary N) is 1. The Kier molecular flexibility index (Phi) is 25.5. The van der Waals surface area contributed by atoms with Crippen molar-refractivity contribution in [3.05, 3.63) is 25.4 Å². The van der Waals surface area contributed by atoms with Crippen LogP contribution in [0, 0.1) is 25.4 Å². The van der Waals surface area contributed by atoms with Crippen LogP contribution in [0.15, 0.2) is 0 Å². The Bertz CT molecular complexity index is 198. The largest absolute Gasteiger partial charge is 0.395 e. The second-order valence-electron chi connectivity index (χ2n) is 2.84. The number of quaternary nitrogens is 1. The first-order valence-corrected chi connectivity index (χ1v) is 5.64. The number of likely N-dealkylation sites (N-methyl/N-ethyl adjacent to an activating group) is 2. The van der Waals surface area contributed by atoms with E-state index in [2.05, 4.69) is 10.2 Å². The fraction of sp³-hybridized carbons (Fsp3) is 1.00. The van der Waals surface area contributed by atoms with E-state index in [1.165, 1.54) is 0 Å². The van der Waals surface area contributed by atoms with Gasteiger partial charge in [0.25, 0.3) is 5.09 Å². The van der Waals surface area contributed by atoms with E-state index in [4.69, 9.17) is 20.4 Å². The third kappa shape index (κ3) is 62.6. The summed E-state index contributed by atoms with van der Waals surface area (Å²) in [4.78, 5) is 21.8. The summed E-state index contributed by atoms with van der Waals surface area (Å²) in [6, 6.07) is 0. The van der Waals surface area contributed by atoms with Gasteiger partial charge >= 0.3 is 0 Å². The summed E-state index contributed by atoms with van der Waals surface area (Å²) >= 11 is 0. The van der Waals surface area contributed by atoms with Crippen LogP contribution in [0.2, 0.25) is 0 Å². The highest BCUT2D eigenvalue weighted by atomic mass is 16.9. The highest BCUT2D eigenvalue weighted by molar-refractivity contribution is 4.35. The van der Waals surface area contributed by atoms with Gasteiger partial charge in [0, 0.05) is 6.54 Å². The van der Waals surface area contributed by atoms with Crippen LogP contribution >= 0.6 is 0 Å². The van der Waals surface area contributed by atoms with Gasteiger partial charge in [-0.25, -0.2) is 0 Å². The quantitative estimate of drug-likeness (QED) is 0.265. The summed E-state index contributed by atoms with van der Waals surface area (Å²) in [6.45, 7) is 7.66. The van der Waals surface area contributed by atoms with E-state index >= 15 is 0 Å². The van der Waals surface area contributed by atoms with Gasteiger partial charge in [-0.05, 0) is 13.5 Å². The normalized spacial score (nSPS) is 8.37. The van der Waals surface area contributed by atoms with E-state index in [1.807, 2.05) is 19.2 Å². The molecular weight excluding hydrogens is 264 g/mol. The van der Waals surface area contributed by atoms with Gasteiger partial charge in [-0.2, -0.15) is 0 Å². The zero-order valence-electron chi connectivity index (χ0n) is 11.1. The Morgan fingerprint density at radius 1 is 1.26 bits per heavy atom. The number of rotatable bonds is 8. The summed E-state index contributed by atoms with van der Waals surface area (Å²) in [7, 11) is 0. The molecule has 0 aliphatic carbocycles. The Morgan fingerprint density at radius 2 is 1.79 bits per heavy atom. The highest BCUT2D eigenvalue weighted by Crippen LogP contribution is 1.67. The second kappa shape index (κ2) is 21.6. The van der Waals surface area contributed by atoms with Gasteiger partial charge in [-0.3, -0.25) is 0 Å². The van der Waals surface area contributed by atoms with E-state index in [1.54, 1.807) is 0 Å². The molecule has 0 fully saturated rings. The van der Waals surface area contributed by atoms with Crippen LogP contribution in [0.25, 0.3) is 0 Å². The minimum atomic E-state index is -1.75. The lowest BCUT2D eigenvalue weighted by Gasteiger charge is -1.95. The van der Waals surface area contributed by atoms with Gasteiger partial charge in [0.1, 0.15) is 6.61 Å². The van der Waals surface area contributed by atoms with Crippen molar-refractivity contribution in [3.8, 4) is 0 Å². The molecule has 4 N–H and O–H groups in total. The van der Waals surface area contributed by atoms with Crippen molar-refractivity contribution >= 4 is 0 Å². The average molecular weight is 286 g/mol. The molecule has 11 nitrogen and oxygen atoms in total. The number of aliphatic hydroxyl groups excluding tert-OH is 1. The van der Waals surface area contributed by atoms with Crippen LogP contribution in [-0.2, 0) is 4.84 Å². The van der Waals surface area contributed by atoms with Gasteiger partial charge in [-0.1, -0.05) is 6.92 Å². The molecule has 0 rings (SSSR count). The van der Waals surface area contributed by atoms with E-state index in [-0.39, 0.29) is 13.2 Å². The van der Waals surface area contributed by atoms with Crippen LogP contribution in [0.3, 0.4) is 0 Å². The maximum Gasteiger partial charge on any atom is 0.294 e. The summed E-state index contributed by atoms with van der Waals surface area (Å²) in [5, 5.41) is 36.5. The molecule has 0 saturated carbocycles. The monoisotopic (exact) mass is 286 g/mol. The third-order valence-electron chi connectivity index (χ3n) is 1.35. The van der Waals surface area contributed by atoms with Crippen molar-refractivity contribution in [2.24, 2.45) is 0 Å². The molecule has 0 unspecified atom stereocenters. The molecule has 0 aliphatic heterocycles. The molecule has 19 heavy (non-hydrogen) atoms. The molecule has 0 saturated heterocycles. The molecule has 0 atom stereocenters. The fourth-order valence-electron chi connectivity index (χ4n) is 0.671. The van der Waals surface area contributed by atoms with Crippen LogP contribution in [0.1, 0.15) is 13.8 Å². The van der Waals surface area contributed by atoms with Gasteiger partial charge in [-0.15, -0.1) is 10.1 Å². The van der Waals surface area contributed by atoms with Crippen molar-refractivity contribution < 1.29 is 25.4 Å². The van der Waals surface area contributed by atoms with Gasteiger partial charge in [0.05, 0.1) is 24.8 Å². The molecule has 0 radical (unpaired) electrons. The van der Waals surface area contributed by atoms with Crippen molar-refractivity contribution in [1.29, 1.82) is 0 Å². The standard InChI is InChI=1S/C4H10N2O3.C4H11NO.NO3/c1-2-5-3-4-9-6(7)8;1-2-5-3-4-6;2-1(3)4/h5H,2-4H2,1H3;5-6H,2-4H2,1H3;/q;;-1/p+1. The number of aliphatic hydroxyl groups is 1. The molecule has 0 bridgehead atoms. The minimum Gasteiger partial charge on any atom is -0.395 e. The molecule has 116 valence electrons. The first kappa shape index (κ1) is 22.5. The van der Waals surface area contributed by atoms with Crippen LogP contribution in [-0.4, -0.2) is 54.7 Å². The van der Waals surface area contributed by atoms with Crippen molar-refractivity contribution in [3.63, 3.8) is 0 Å². The molecule has 0 spiro atoms. The van der Waals surface area contributed by atoms with Gasteiger partial charge < -0.3 is 35.9 Å². The Hall–Kier alpha value is -1.72. The first-order chi connectivity index (χ1) is 8.92. The van der Waals surface area contributed by atoms with Gasteiger partial charge in [0.2, 0.25) is 0 Å². The summed E-state index contributed by atoms with van der Waals surface area (Å²) in [5.74, 6) is 0. The zero-order valence-corrected chi connectivity index (χ0v) is 11.1. The first-order valence-electron chi connectivity index (χ1n) is 5.64. The number of hydrogen-bond acceptors (Lipinski definition) is 8. The lowest BCUT2D eigenvalue weighted by molar-refractivity contribution is -0.770. The topological polar surface area (TPSA) is 167 Å². The molecule has 11 heteroatoms. The number of hydrogen-bond donors (Lipinski definition) is 3. The molecule has 0 aliphatic rings. The molecular formula is C8H22N4O7. The number of nitrogens with zero attached hydrogens (tertiary/aromatic N) is 2. The Morgan fingerprint density at radius 3 is 2.05 bits per heavy atom. The van der Waals surface area contributed by atoms with Crippen molar-refractivity contribution in [2.75, 3.05) is 39.4 Å². The fourth-order valence-corrected chi connectivity index (χ4v) is 0.671. The van der Waals surface area contributed by atoms with Crippen molar-refractivity contribution in [2.45, 2.75) is 13.8 Å². The van der Waals surface area contributed by atoms with E-state index in [0.29, 0.717) is 6.54 Å².